The van der Waals surface area contributed by atoms with Crippen molar-refractivity contribution in [3.8, 4) is 28.5 Å². The fraction of sp³-hybridized carbons (Fsp3) is 0.333. The van der Waals surface area contributed by atoms with Crippen molar-refractivity contribution >= 4 is 21.8 Å². The average molecular weight is 515 g/mol. The number of carbonyl (C=O) groups excluding carboxylic acids is 1. The number of ether oxygens (including phenoxy) is 3. The van der Waals surface area contributed by atoms with Gasteiger partial charge in [0.2, 0.25) is 5.75 Å². The van der Waals surface area contributed by atoms with E-state index in [1.807, 2.05) is 47.4 Å². The quantitative estimate of drug-likeness (QED) is 0.516. The van der Waals surface area contributed by atoms with Gasteiger partial charge in [-0.3, -0.25) is 14.8 Å². The van der Waals surface area contributed by atoms with Crippen LogP contribution in [0.4, 0.5) is 0 Å². The van der Waals surface area contributed by atoms with Crippen LogP contribution in [0.15, 0.2) is 46.9 Å². The van der Waals surface area contributed by atoms with Crippen molar-refractivity contribution in [2.75, 3.05) is 47.5 Å². The van der Waals surface area contributed by atoms with E-state index in [0.29, 0.717) is 42.6 Å². The van der Waals surface area contributed by atoms with Crippen LogP contribution < -0.4 is 14.2 Å². The number of benzene rings is 2. The Morgan fingerprint density at radius 3 is 2.30 bits per heavy atom. The standard InChI is InChI=1S/C24H27BrN4O4/c1-31-21-9-6-17(22(32-2)23(21)33-3)15-28-10-12-29(13-11-28)24(30)20-14-19(26-27-20)16-4-7-18(25)8-5-16/h4-9,14H,10-13,15H2,1-3H3,(H,26,27). The molecule has 9 heteroatoms. The molecule has 2 heterocycles. The molecule has 2 aromatic carbocycles. The normalized spacial score (nSPS) is 14.2. The first kappa shape index (κ1) is 23.1. The van der Waals surface area contributed by atoms with Crippen LogP contribution in [-0.4, -0.2) is 73.4 Å². The molecule has 0 spiro atoms. The molecule has 3 aromatic rings. The van der Waals surface area contributed by atoms with E-state index in [1.54, 1.807) is 21.3 Å². The molecule has 1 saturated heterocycles. The van der Waals surface area contributed by atoms with Crippen LogP contribution in [0.3, 0.4) is 0 Å². The Morgan fingerprint density at radius 1 is 0.970 bits per heavy atom. The Kier molecular flexibility index (Phi) is 7.20. The minimum atomic E-state index is -0.0331. The summed E-state index contributed by atoms with van der Waals surface area (Å²) >= 11 is 3.43. The van der Waals surface area contributed by atoms with Gasteiger partial charge in [-0.1, -0.05) is 34.1 Å². The Labute approximate surface area is 201 Å². The molecule has 1 N–H and O–H groups in total. The van der Waals surface area contributed by atoms with Crippen molar-refractivity contribution in [1.29, 1.82) is 0 Å². The predicted molar refractivity (Wildman–Crippen MR) is 129 cm³/mol. The van der Waals surface area contributed by atoms with Crippen LogP contribution >= 0.6 is 15.9 Å². The number of halogens is 1. The smallest absolute Gasteiger partial charge is 0.271 e. The summed E-state index contributed by atoms with van der Waals surface area (Å²) in [6, 6.07) is 13.5. The van der Waals surface area contributed by atoms with Gasteiger partial charge in [-0.15, -0.1) is 0 Å². The Bertz CT molecular complexity index is 1110. The number of methoxy groups -OCH3 is 3. The number of aromatic nitrogens is 2. The maximum absolute atomic E-state index is 13.0. The van der Waals surface area contributed by atoms with E-state index in [1.165, 1.54) is 0 Å². The zero-order valence-corrected chi connectivity index (χ0v) is 20.5. The van der Waals surface area contributed by atoms with E-state index < -0.39 is 0 Å². The zero-order chi connectivity index (χ0) is 23.4. The number of nitrogens with zero attached hydrogens (tertiary/aromatic N) is 3. The van der Waals surface area contributed by atoms with Gasteiger partial charge >= 0.3 is 0 Å². The number of piperazine rings is 1. The number of amides is 1. The van der Waals surface area contributed by atoms with Crippen LogP contribution in [0.2, 0.25) is 0 Å². The summed E-state index contributed by atoms with van der Waals surface area (Å²) in [4.78, 5) is 17.2. The Hall–Kier alpha value is -3.04. The molecule has 0 saturated carbocycles. The lowest BCUT2D eigenvalue weighted by Gasteiger charge is -2.34. The van der Waals surface area contributed by atoms with Crippen LogP contribution in [-0.2, 0) is 6.54 Å². The first-order valence-corrected chi connectivity index (χ1v) is 11.4. The summed E-state index contributed by atoms with van der Waals surface area (Å²) in [5.41, 5.74) is 3.23. The largest absolute Gasteiger partial charge is 0.493 e. The number of rotatable bonds is 7. The molecule has 1 fully saturated rings. The first-order chi connectivity index (χ1) is 16.0. The Balaban J connectivity index is 1.38. The molecule has 8 nitrogen and oxygen atoms in total. The molecule has 174 valence electrons. The summed E-state index contributed by atoms with van der Waals surface area (Å²) in [7, 11) is 4.84. The van der Waals surface area contributed by atoms with Gasteiger partial charge in [0.05, 0.1) is 27.0 Å². The average Bonchev–Trinajstić information content (AvgIpc) is 3.34. The van der Waals surface area contributed by atoms with Gasteiger partial charge in [0.1, 0.15) is 5.69 Å². The molecule has 0 radical (unpaired) electrons. The number of carbonyl (C=O) groups is 1. The fourth-order valence-corrected chi connectivity index (χ4v) is 4.27. The second kappa shape index (κ2) is 10.3. The number of H-pyrrole nitrogens is 1. The summed E-state index contributed by atoms with van der Waals surface area (Å²) in [6.45, 7) is 3.50. The van der Waals surface area contributed by atoms with Crippen LogP contribution in [0.1, 0.15) is 16.1 Å². The van der Waals surface area contributed by atoms with Gasteiger partial charge in [-0.05, 0) is 24.3 Å². The predicted octanol–water partition coefficient (Wildman–Crippen LogP) is 3.82. The topological polar surface area (TPSA) is 79.9 Å². The number of nitrogens with one attached hydrogen (secondary N) is 1. The second-order valence-corrected chi connectivity index (χ2v) is 8.65. The molecule has 1 aromatic heterocycles. The third-order valence-electron chi connectivity index (χ3n) is 5.79. The fourth-order valence-electron chi connectivity index (χ4n) is 4.01. The monoisotopic (exact) mass is 514 g/mol. The molecule has 4 rings (SSSR count). The van der Waals surface area contributed by atoms with Crippen LogP contribution in [0, 0.1) is 0 Å². The second-order valence-electron chi connectivity index (χ2n) is 7.74. The lowest BCUT2D eigenvalue weighted by Crippen LogP contribution is -2.48. The van der Waals surface area contributed by atoms with Gasteiger partial charge in [0.25, 0.3) is 5.91 Å². The Morgan fingerprint density at radius 2 is 1.67 bits per heavy atom. The highest BCUT2D eigenvalue weighted by Gasteiger charge is 2.25. The molecule has 1 aliphatic heterocycles. The number of hydrogen-bond acceptors (Lipinski definition) is 6. The van der Waals surface area contributed by atoms with E-state index in [4.69, 9.17) is 14.2 Å². The molecule has 1 aliphatic rings. The van der Waals surface area contributed by atoms with Gasteiger partial charge in [-0.2, -0.15) is 5.10 Å². The van der Waals surface area contributed by atoms with Crippen molar-refractivity contribution in [2.24, 2.45) is 0 Å². The highest BCUT2D eigenvalue weighted by atomic mass is 79.9. The lowest BCUT2D eigenvalue weighted by molar-refractivity contribution is 0.0621. The lowest BCUT2D eigenvalue weighted by atomic mass is 10.1. The van der Waals surface area contributed by atoms with Gasteiger partial charge < -0.3 is 19.1 Å². The van der Waals surface area contributed by atoms with Crippen molar-refractivity contribution in [2.45, 2.75) is 6.54 Å². The third-order valence-corrected chi connectivity index (χ3v) is 6.32. The maximum Gasteiger partial charge on any atom is 0.271 e. The van der Waals surface area contributed by atoms with E-state index in [9.17, 15) is 4.79 Å². The maximum atomic E-state index is 13.0. The molecule has 33 heavy (non-hydrogen) atoms. The molecule has 0 unspecified atom stereocenters. The van der Waals surface area contributed by atoms with Crippen LogP contribution in [0.25, 0.3) is 11.3 Å². The van der Waals surface area contributed by atoms with E-state index in [-0.39, 0.29) is 5.91 Å². The van der Waals surface area contributed by atoms with Gasteiger partial charge in [0, 0.05) is 48.3 Å². The van der Waals surface area contributed by atoms with Gasteiger partial charge in [-0.25, -0.2) is 0 Å². The molecule has 0 atom stereocenters. The SMILES string of the molecule is COc1ccc(CN2CCN(C(=O)c3cc(-c4ccc(Br)cc4)n[nH]3)CC2)c(OC)c1OC. The minimum absolute atomic E-state index is 0.0331. The van der Waals surface area contributed by atoms with E-state index in [0.717, 1.165) is 34.4 Å². The van der Waals surface area contributed by atoms with Crippen molar-refractivity contribution in [1.82, 2.24) is 20.0 Å². The minimum Gasteiger partial charge on any atom is -0.493 e. The molecule has 0 bridgehead atoms. The molecular formula is C24H27BrN4O4. The zero-order valence-electron chi connectivity index (χ0n) is 18.9. The summed E-state index contributed by atoms with van der Waals surface area (Å²) in [6.07, 6.45) is 0. The van der Waals surface area contributed by atoms with Crippen LogP contribution in [0.5, 0.6) is 17.2 Å². The highest BCUT2D eigenvalue weighted by molar-refractivity contribution is 9.10. The van der Waals surface area contributed by atoms with Crippen molar-refractivity contribution in [3.05, 3.63) is 58.2 Å². The van der Waals surface area contributed by atoms with Crippen molar-refractivity contribution < 1.29 is 19.0 Å². The molecule has 1 amide bonds. The van der Waals surface area contributed by atoms with E-state index >= 15 is 0 Å². The van der Waals surface area contributed by atoms with Crippen molar-refractivity contribution in [3.63, 3.8) is 0 Å². The highest BCUT2D eigenvalue weighted by Crippen LogP contribution is 2.40. The summed E-state index contributed by atoms with van der Waals surface area (Å²) < 4.78 is 17.5. The number of aromatic amines is 1. The molecule has 0 aliphatic carbocycles. The van der Waals surface area contributed by atoms with E-state index in [2.05, 4.69) is 31.0 Å². The first-order valence-electron chi connectivity index (χ1n) is 10.6. The number of hydrogen-bond donors (Lipinski definition) is 1. The third kappa shape index (κ3) is 4.99. The summed E-state index contributed by atoms with van der Waals surface area (Å²) in [5.74, 6) is 1.87. The molecular weight excluding hydrogens is 488 g/mol. The summed E-state index contributed by atoms with van der Waals surface area (Å²) in [5, 5.41) is 7.21. The van der Waals surface area contributed by atoms with Gasteiger partial charge in [0.15, 0.2) is 11.5 Å².